The van der Waals surface area contributed by atoms with Crippen LogP contribution in [0.15, 0.2) is 24.5 Å². The van der Waals surface area contributed by atoms with Crippen molar-refractivity contribution in [2.75, 3.05) is 24.5 Å². The SMILES string of the molecule is NCC1CCCN(c2n[nH]c(CCc3cccnc3)n2)C1. The summed E-state index contributed by atoms with van der Waals surface area (Å²) in [5, 5.41) is 7.41. The van der Waals surface area contributed by atoms with Crippen LogP contribution >= 0.6 is 0 Å². The number of H-pyrrole nitrogens is 1. The van der Waals surface area contributed by atoms with Gasteiger partial charge < -0.3 is 10.6 Å². The van der Waals surface area contributed by atoms with Crippen molar-refractivity contribution in [2.45, 2.75) is 25.7 Å². The van der Waals surface area contributed by atoms with Crippen LogP contribution < -0.4 is 10.6 Å². The van der Waals surface area contributed by atoms with Gasteiger partial charge in [0.05, 0.1) is 0 Å². The molecule has 0 aromatic carbocycles. The van der Waals surface area contributed by atoms with Crippen molar-refractivity contribution >= 4 is 5.95 Å². The van der Waals surface area contributed by atoms with Crippen LogP contribution in [0.3, 0.4) is 0 Å². The fraction of sp³-hybridized carbons (Fsp3) is 0.533. The maximum Gasteiger partial charge on any atom is 0.244 e. The molecule has 3 N–H and O–H groups in total. The van der Waals surface area contributed by atoms with Gasteiger partial charge in [0, 0.05) is 31.9 Å². The van der Waals surface area contributed by atoms with E-state index >= 15 is 0 Å². The Hall–Kier alpha value is -1.95. The average molecular weight is 286 g/mol. The fourth-order valence-corrected chi connectivity index (χ4v) is 2.79. The van der Waals surface area contributed by atoms with Gasteiger partial charge in [-0.2, -0.15) is 4.98 Å². The highest BCUT2D eigenvalue weighted by Gasteiger charge is 2.21. The molecule has 6 nitrogen and oxygen atoms in total. The first-order valence-electron chi connectivity index (χ1n) is 7.60. The number of nitrogens with zero attached hydrogens (tertiary/aromatic N) is 4. The molecule has 21 heavy (non-hydrogen) atoms. The number of nitrogens with two attached hydrogens (primary N) is 1. The van der Waals surface area contributed by atoms with Crippen LogP contribution in [0.5, 0.6) is 0 Å². The van der Waals surface area contributed by atoms with Crippen LogP contribution in [0.1, 0.15) is 24.2 Å². The van der Waals surface area contributed by atoms with Gasteiger partial charge in [0.15, 0.2) is 0 Å². The van der Waals surface area contributed by atoms with E-state index in [9.17, 15) is 0 Å². The summed E-state index contributed by atoms with van der Waals surface area (Å²) in [5.74, 6) is 2.31. The van der Waals surface area contributed by atoms with E-state index in [-0.39, 0.29) is 0 Å². The number of rotatable bonds is 5. The Morgan fingerprint density at radius 3 is 3.14 bits per heavy atom. The largest absolute Gasteiger partial charge is 0.339 e. The smallest absolute Gasteiger partial charge is 0.244 e. The fourth-order valence-electron chi connectivity index (χ4n) is 2.79. The van der Waals surface area contributed by atoms with Gasteiger partial charge in [-0.3, -0.25) is 10.1 Å². The molecular weight excluding hydrogens is 264 g/mol. The summed E-state index contributed by atoms with van der Waals surface area (Å²) in [5.41, 5.74) is 7.00. The zero-order chi connectivity index (χ0) is 14.5. The molecule has 0 aliphatic carbocycles. The zero-order valence-corrected chi connectivity index (χ0v) is 12.2. The predicted octanol–water partition coefficient (Wildman–Crippen LogP) is 1.16. The lowest BCUT2D eigenvalue weighted by atomic mass is 9.99. The second-order valence-electron chi connectivity index (χ2n) is 5.63. The molecule has 3 heterocycles. The number of hydrogen-bond acceptors (Lipinski definition) is 5. The molecule has 112 valence electrons. The highest BCUT2D eigenvalue weighted by atomic mass is 15.4. The van der Waals surface area contributed by atoms with Crippen LogP contribution in [-0.2, 0) is 12.8 Å². The van der Waals surface area contributed by atoms with E-state index in [1.807, 2.05) is 12.3 Å². The molecule has 1 atom stereocenters. The normalized spacial score (nSPS) is 18.9. The van der Waals surface area contributed by atoms with Gasteiger partial charge in [-0.1, -0.05) is 6.07 Å². The molecule has 2 aromatic rings. The molecule has 6 heteroatoms. The number of piperidine rings is 1. The minimum atomic E-state index is 0.566. The summed E-state index contributed by atoms with van der Waals surface area (Å²) in [7, 11) is 0. The second kappa shape index (κ2) is 6.67. The molecule has 0 bridgehead atoms. The molecule has 0 amide bonds. The van der Waals surface area contributed by atoms with Gasteiger partial charge in [-0.05, 0) is 43.4 Å². The zero-order valence-electron chi connectivity index (χ0n) is 12.2. The monoisotopic (exact) mass is 286 g/mol. The molecular formula is C15H22N6. The van der Waals surface area contributed by atoms with Gasteiger partial charge in [0.2, 0.25) is 5.95 Å². The van der Waals surface area contributed by atoms with Crippen LogP contribution in [0.2, 0.25) is 0 Å². The van der Waals surface area contributed by atoms with Crippen molar-refractivity contribution in [2.24, 2.45) is 11.7 Å². The van der Waals surface area contributed by atoms with Crippen LogP contribution in [0.4, 0.5) is 5.95 Å². The van der Waals surface area contributed by atoms with E-state index in [1.165, 1.54) is 18.4 Å². The second-order valence-corrected chi connectivity index (χ2v) is 5.63. The third kappa shape index (κ3) is 3.58. The van der Waals surface area contributed by atoms with E-state index in [1.54, 1.807) is 6.20 Å². The lowest BCUT2D eigenvalue weighted by Gasteiger charge is -2.31. The van der Waals surface area contributed by atoms with Gasteiger partial charge >= 0.3 is 0 Å². The van der Waals surface area contributed by atoms with Gasteiger partial charge in [0.1, 0.15) is 5.82 Å². The topological polar surface area (TPSA) is 83.7 Å². The molecule has 0 radical (unpaired) electrons. The minimum absolute atomic E-state index is 0.566. The van der Waals surface area contributed by atoms with E-state index in [4.69, 9.17) is 5.73 Å². The van der Waals surface area contributed by atoms with E-state index in [2.05, 4.69) is 31.1 Å². The summed E-state index contributed by atoms with van der Waals surface area (Å²) < 4.78 is 0. The summed E-state index contributed by atoms with van der Waals surface area (Å²) >= 11 is 0. The van der Waals surface area contributed by atoms with Crippen molar-refractivity contribution in [3.8, 4) is 0 Å². The molecule has 0 spiro atoms. The highest BCUT2D eigenvalue weighted by Crippen LogP contribution is 2.19. The van der Waals surface area contributed by atoms with Crippen LogP contribution in [0.25, 0.3) is 0 Å². The molecule has 1 fully saturated rings. The number of hydrogen-bond donors (Lipinski definition) is 2. The first kappa shape index (κ1) is 14.0. The number of pyridine rings is 1. The van der Waals surface area contributed by atoms with Crippen LogP contribution in [-0.4, -0.2) is 39.8 Å². The molecule has 3 rings (SSSR count). The van der Waals surface area contributed by atoms with Gasteiger partial charge in [0.25, 0.3) is 0 Å². The maximum atomic E-state index is 5.78. The minimum Gasteiger partial charge on any atom is -0.339 e. The quantitative estimate of drug-likeness (QED) is 0.861. The first-order chi connectivity index (χ1) is 10.3. The lowest BCUT2D eigenvalue weighted by Crippen LogP contribution is -2.39. The molecule has 1 aliphatic rings. The Balaban J connectivity index is 1.58. The first-order valence-corrected chi connectivity index (χ1v) is 7.60. The standard InChI is InChI=1S/C15H22N6/c16-9-13-4-2-8-21(11-13)15-18-14(19-20-15)6-5-12-3-1-7-17-10-12/h1,3,7,10,13H,2,4-6,8-9,11,16H2,(H,18,19,20). The van der Waals surface area contributed by atoms with Crippen molar-refractivity contribution in [1.29, 1.82) is 0 Å². The Bertz CT molecular complexity index is 552. The third-order valence-electron chi connectivity index (χ3n) is 4.03. The molecule has 1 aliphatic heterocycles. The molecule has 0 saturated carbocycles. The summed E-state index contributed by atoms with van der Waals surface area (Å²) in [6.07, 6.45) is 7.85. The third-order valence-corrected chi connectivity index (χ3v) is 4.03. The van der Waals surface area contributed by atoms with Crippen molar-refractivity contribution in [3.05, 3.63) is 35.9 Å². The molecule has 2 aromatic heterocycles. The summed E-state index contributed by atoms with van der Waals surface area (Å²) in [6.45, 7) is 2.74. The Labute approximate surface area is 124 Å². The van der Waals surface area contributed by atoms with Gasteiger partial charge in [-0.15, -0.1) is 5.10 Å². The Morgan fingerprint density at radius 1 is 1.38 bits per heavy atom. The van der Waals surface area contributed by atoms with Crippen molar-refractivity contribution in [1.82, 2.24) is 20.2 Å². The predicted molar refractivity (Wildman–Crippen MR) is 82.0 cm³/mol. The number of aromatic amines is 1. The van der Waals surface area contributed by atoms with E-state index in [0.717, 1.165) is 44.2 Å². The summed E-state index contributed by atoms with van der Waals surface area (Å²) in [4.78, 5) is 11.0. The Morgan fingerprint density at radius 2 is 2.33 bits per heavy atom. The molecule has 1 saturated heterocycles. The van der Waals surface area contributed by atoms with E-state index < -0.39 is 0 Å². The molecule has 1 unspecified atom stereocenters. The van der Waals surface area contributed by atoms with Crippen molar-refractivity contribution in [3.63, 3.8) is 0 Å². The highest BCUT2D eigenvalue weighted by molar-refractivity contribution is 5.29. The van der Waals surface area contributed by atoms with Gasteiger partial charge in [-0.25, -0.2) is 0 Å². The van der Waals surface area contributed by atoms with Crippen LogP contribution in [0, 0.1) is 5.92 Å². The van der Waals surface area contributed by atoms with Crippen molar-refractivity contribution < 1.29 is 0 Å². The summed E-state index contributed by atoms with van der Waals surface area (Å²) in [6, 6.07) is 4.04. The Kier molecular flexibility index (Phi) is 4.45. The average Bonchev–Trinajstić information content (AvgIpc) is 3.03. The lowest BCUT2D eigenvalue weighted by molar-refractivity contribution is 0.419. The van der Waals surface area contributed by atoms with E-state index in [0.29, 0.717) is 5.92 Å². The maximum absolute atomic E-state index is 5.78. The number of anilines is 1. The number of aryl methyl sites for hydroxylation is 2. The number of nitrogens with one attached hydrogen (secondary N) is 1. The number of aromatic nitrogens is 4.